The lowest BCUT2D eigenvalue weighted by atomic mass is 10.1. The highest BCUT2D eigenvalue weighted by Crippen LogP contribution is 2.33. The van der Waals surface area contributed by atoms with Crippen molar-refractivity contribution in [2.24, 2.45) is 0 Å². The lowest BCUT2D eigenvalue weighted by molar-refractivity contribution is 0.0976. The van der Waals surface area contributed by atoms with Gasteiger partial charge in [0.15, 0.2) is 0 Å². The topological polar surface area (TPSA) is 67.3 Å². The van der Waals surface area contributed by atoms with Crippen LogP contribution >= 0.6 is 0 Å². The van der Waals surface area contributed by atoms with Gasteiger partial charge in [0.2, 0.25) is 0 Å². The van der Waals surface area contributed by atoms with Crippen molar-refractivity contribution in [2.75, 3.05) is 17.3 Å². The Hall–Kier alpha value is -3.41. The molecule has 0 bridgehead atoms. The number of rotatable bonds is 4. The van der Waals surface area contributed by atoms with Gasteiger partial charge in [-0.05, 0) is 49.6 Å². The number of ether oxygens (including phenoxy) is 1. The first kappa shape index (κ1) is 18.0. The molecule has 1 N–H and O–H groups in total. The number of hydrogen-bond donors (Lipinski definition) is 1. The van der Waals surface area contributed by atoms with Crippen molar-refractivity contribution in [2.45, 2.75) is 26.3 Å². The van der Waals surface area contributed by atoms with Crippen molar-refractivity contribution in [1.29, 1.82) is 0 Å². The van der Waals surface area contributed by atoms with Crippen LogP contribution in [0.5, 0.6) is 5.75 Å². The molecule has 142 valence electrons. The van der Waals surface area contributed by atoms with Crippen LogP contribution in [0.3, 0.4) is 0 Å². The maximum Gasteiger partial charge on any atom is 0.277 e. The molecule has 1 aromatic heterocycles. The standard InChI is InChI=1S/C22H22N4O2/c1-14-8-9-20(28-3)17(10-14)25-21-12-18(23-13-24-21)22(27)26-15(2)11-16-6-4-5-7-19(16)26/h4-10,12-13,15H,11H2,1-3H3,(H,23,24,25). The number of benzene rings is 2. The average Bonchev–Trinajstić information content (AvgIpc) is 3.03. The van der Waals surface area contributed by atoms with Crippen LogP contribution in [0.25, 0.3) is 0 Å². The molecule has 1 amide bonds. The highest BCUT2D eigenvalue weighted by molar-refractivity contribution is 6.06. The largest absolute Gasteiger partial charge is 0.495 e. The summed E-state index contributed by atoms with van der Waals surface area (Å²) >= 11 is 0. The van der Waals surface area contributed by atoms with Gasteiger partial charge in [-0.1, -0.05) is 24.3 Å². The van der Waals surface area contributed by atoms with E-state index in [1.165, 1.54) is 11.9 Å². The minimum Gasteiger partial charge on any atom is -0.495 e. The monoisotopic (exact) mass is 374 g/mol. The number of amides is 1. The van der Waals surface area contributed by atoms with Crippen molar-refractivity contribution >= 4 is 23.1 Å². The van der Waals surface area contributed by atoms with Crippen molar-refractivity contribution in [3.05, 3.63) is 71.7 Å². The SMILES string of the molecule is COc1ccc(C)cc1Nc1cc(C(=O)N2c3ccccc3CC2C)ncn1. The van der Waals surface area contributed by atoms with Crippen LogP contribution in [0.4, 0.5) is 17.2 Å². The van der Waals surface area contributed by atoms with Gasteiger partial charge in [0.1, 0.15) is 23.6 Å². The molecule has 6 nitrogen and oxygen atoms in total. The van der Waals surface area contributed by atoms with E-state index in [0.717, 1.165) is 23.4 Å². The van der Waals surface area contributed by atoms with E-state index in [1.54, 1.807) is 13.2 Å². The lowest BCUT2D eigenvalue weighted by Crippen LogP contribution is -2.36. The molecular weight excluding hydrogens is 352 g/mol. The average molecular weight is 374 g/mol. The zero-order valence-electron chi connectivity index (χ0n) is 16.1. The molecule has 0 saturated carbocycles. The van der Waals surface area contributed by atoms with Crippen LogP contribution in [-0.2, 0) is 6.42 Å². The smallest absolute Gasteiger partial charge is 0.277 e. The third-order valence-corrected chi connectivity index (χ3v) is 4.93. The minimum atomic E-state index is -0.126. The van der Waals surface area contributed by atoms with Crippen molar-refractivity contribution < 1.29 is 9.53 Å². The maximum atomic E-state index is 13.2. The summed E-state index contributed by atoms with van der Waals surface area (Å²) in [5, 5.41) is 3.23. The molecule has 1 aliphatic heterocycles. The van der Waals surface area contributed by atoms with E-state index in [2.05, 4.69) is 28.3 Å². The fourth-order valence-electron chi connectivity index (χ4n) is 3.60. The minimum absolute atomic E-state index is 0.0909. The first-order chi connectivity index (χ1) is 13.6. The van der Waals surface area contributed by atoms with Crippen LogP contribution < -0.4 is 15.0 Å². The van der Waals surface area contributed by atoms with E-state index in [-0.39, 0.29) is 11.9 Å². The van der Waals surface area contributed by atoms with E-state index in [1.807, 2.05) is 48.2 Å². The molecule has 3 aromatic rings. The number of fused-ring (bicyclic) bond motifs is 1. The Morgan fingerprint density at radius 1 is 1.18 bits per heavy atom. The number of methoxy groups -OCH3 is 1. The summed E-state index contributed by atoms with van der Waals surface area (Å²) < 4.78 is 5.40. The highest BCUT2D eigenvalue weighted by atomic mass is 16.5. The zero-order chi connectivity index (χ0) is 19.7. The Morgan fingerprint density at radius 3 is 2.82 bits per heavy atom. The fourth-order valence-corrected chi connectivity index (χ4v) is 3.60. The van der Waals surface area contributed by atoms with Crippen molar-refractivity contribution in [1.82, 2.24) is 9.97 Å². The number of carbonyl (C=O) groups excluding carboxylic acids is 1. The molecule has 0 fully saturated rings. The Labute approximate surface area is 164 Å². The molecule has 2 aromatic carbocycles. The van der Waals surface area contributed by atoms with Gasteiger partial charge in [0.25, 0.3) is 5.91 Å². The van der Waals surface area contributed by atoms with E-state index < -0.39 is 0 Å². The normalized spacial score (nSPS) is 15.2. The highest BCUT2D eigenvalue weighted by Gasteiger charge is 2.32. The number of anilines is 3. The molecule has 6 heteroatoms. The van der Waals surface area contributed by atoms with Crippen LogP contribution in [0.2, 0.25) is 0 Å². The zero-order valence-corrected chi connectivity index (χ0v) is 16.1. The number of hydrogen-bond acceptors (Lipinski definition) is 5. The van der Waals surface area contributed by atoms with Gasteiger partial charge >= 0.3 is 0 Å². The van der Waals surface area contributed by atoms with Crippen LogP contribution in [-0.4, -0.2) is 29.0 Å². The first-order valence-electron chi connectivity index (χ1n) is 9.22. The van der Waals surface area contributed by atoms with Gasteiger partial charge in [0, 0.05) is 17.8 Å². The summed E-state index contributed by atoms with van der Waals surface area (Å²) in [5.74, 6) is 1.13. The van der Waals surface area contributed by atoms with Crippen LogP contribution in [0, 0.1) is 6.92 Å². The molecule has 1 aliphatic rings. The lowest BCUT2D eigenvalue weighted by Gasteiger charge is -2.22. The molecular formula is C22H22N4O2. The van der Waals surface area contributed by atoms with Gasteiger partial charge < -0.3 is 15.0 Å². The van der Waals surface area contributed by atoms with Gasteiger partial charge in [-0.15, -0.1) is 0 Å². The second kappa shape index (κ2) is 7.31. The quantitative estimate of drug-likeness (QED) is 0.744. The predicted octanol–water partition coefficient (Wildman–Crippen LogP) is 4.13. The summed E-state index contributed by atoms with van der Waals surface area (Å²) in [6, 6.07) is 15.6. The summed E-state index contributed by atoms with van der Waals surface area (Å²) in [4.78, 5) is 23.5. The molecule has 1 atom stereocenters. The van der Waals surface area contributed by atoms with Gasteiger partial charge in [-0.25, -0.2) is 9.97 Å². The van der Waals surface area contributed by atoms with E-state index in [4.69, 9.17) is 4.74 Å². The molecule has 4 rings (SSSR count). The predicted molar refractivity (Wildman–Crippen MR) is 109 cm³/mol. The van der Waals surface area contributed by atoms with Gasteiger partial charge in [-0.3, -0.25) is 4.79 Å². The second-order valence-electron chi connectivity index (χ2n) is 6.97. The Kier molecular flexibility index (Phi) is 4.69. The fraction of sp³-hybridized carbons (Fsp3) is 0.227. The Morgan fingerprint density at radius 2 is 2.00 bits per heavy atom. The number of nitrogens with one attached hydrogen (secondary N) is 1. The third kappa shape index (κ3) is 3.29. The van der Waals surface area contributed by atoms with E-state index >= 15 is 0 Å². The number of para-hydroxylation sites is 1. The van der Waals surface area contributed by atoms with Crippen molar-refractivity contribution in [3.63, 3.8) is 0 Å². The molecule has 0 saturated heterocycles. The molecule has 1 unspecified atom stereocenters. The number of aromatic nitrogens is 2. The number of aryl methyl sites for hydroxylation is 1. The maximum absolute atomic E-state index is 13.2. The summed E-state index contributed by atoms with van der Waals surface area (Å²) in [7, 11) is 1.62. The summed E-state index contributed by atoms with van der Waals surface area (Å²) in [5.41, 5.74) is 4.37. The van der Waals surface area contributed by atoms with Crippen molar-refractivity contribution in [3.8, 4) is 5.75 Å². The van der Waals surface area contributed by atoms with E-state index in [9.17, 15) is 4.79 Å². The molecule has 0 radical (unpaired) electrons. The molecule has 0 spiro atoms. The Balaban J connectivity index is 1.63. The second-order valence-corrected chi connectivity index (χ2v) is 6.97. The van der Waals surface area contributed by atoms with Gasteiger partial charge in [0.05, 0.1) is 12.8 Å². The summed E-state index contributed by atoms with van der Waals surface area (Å²) in [6.07, 6.45) is 2.25. The summed E-state index contributed by atoms with van der Waals surface area (Å²) in [6.45, 7) is 4.06. The van der Waals surface area contributed by atoms with Crippen LogP contribution in [0.15, 0.2) is 54.9 Å². The molecule has 0 aliphatic carbocycles. The Bertz CT molecular complexity index is 1030. The third-order valence-electron chi connectivity index (χ3n) is 4.93. The molecule has 28 heavy (non-hydrogen) atoms. The first-order valence-corrected chi connectivity index (χ1v) is 9.22. The number of nitrogens with zero attached hydrogens (tertiary/aromatic N) is 3. The molecule has 2 heterocycles. The van der Waals surface area contributed by atoms with Gasteiger partial charge in [-0.2, -0.15) is 0 Å². The van der Waals surface area contributed by atoms with Crippen LogP contribution in [0.1, 0.15) is 28.5 Å². The van der Waals surface area contributed by atoms with E-state index in [0.29, 0.717) is 17.3 Å². The number of carbonyl (C=O) groups is 1.